The van der Waals surface area contributed by atoms with Gasteiger partial charge in [-0.05, 0) is 37.5 Å². The van der Waals surface area contributed by atoms with Crippen LogP contribution in [0.15, 0.2) is 18.2 Å². The topological polar surface area (TPSA) is 67.2 Å². The van der Waals surface area contributed by atoms with Crippen LogP contribution in [0, 0.1) is 5.92 Å². The summed E-state index contributed by atoms with van der Waals surface area (Å²) < 4.78 is 0. The third-order valence-electron chi connectivity index (χ3n) is 4.25. The molecule has 0 unspecified atom stereocenters. The molecule has 2 rings (SSSR count). The molecule has 1 aliphatic rings. The summed E-state index contributed by atoms with van der Waals surface area (Å²) in [6.07, 6.45) is 8.04. The molecule has 0 aromatic heterocycles. The highest BCUT2D eigenvalue weighted by Crippen LogP contribution is 2.27. The van der Waals surface area contributed by atoms with Crippen LogP contribution in [0.3, 0.4) is 0 Å². The van der Waals surface area contributed by atoms with Gasteiger partial charge in [-0.1, -0.05) is 32.1 Å². The van der Waals surface area contributed by atoms with Crippen LogP contribution in [0.4, 0.5) is 11.4 Å². The molecule has 1 aromatic rings. The summed E-state index contributed by atoms with van der Waals surface area (Å²) in [6, 6.07) is 5.42. The zero-order valence-electron chi connectivity index (χ0n) is 13.0. The van der Waals surface area contributed by atoms with E-state index in [1.807, 2.05) is 13.0 Å². The van der Waals surface area contributed by atoms with Crippen LogP contribution in [0.5, 0.6) is 0 Å². The van der Waals surface area contributed by atoms with Gasteiger partial charge in [0.2, 0.25) is 0 Å². The van der Waals surface area contributed by atoms with E-state index >= 15 is 0 Å². The lowest BCUT2D eigenvalue weighted by molar-refractivity contribution is 0.0956. The maximum atomic E-state index is 11.8. The Morgan fingerprint density at radius 2 is 2.05 bits per heavy atom. The number of carbonyl (C=O) groups is 1. The zero-order chi connectivity index (χ0) is 15.1. The van der Waals surface area contributed by atoms with E-state index in [0.717, 1.165) is 18.2 Å². The highest BCUT2D eigenvalue weighted by atomic mass is 16.1. The first-order valence-corrected chi connectivity index (χ1v) is 8.12. The second kappa shape index (κ2) is 7.91. The quantitative estimate of drug-likeness (QED) is 0.703. The summed E-state index contributed by atoms with van der Waals surface area (Å²) in [4.78, 5) is 11.8. The fourth-order valence-corrected chi connectivity index (χ4v) is 3.00. The minimum atomic E-state index is -0.0483. The number of anilines is 2. The molecule has 116 valence electrons. The maximum Gasteiger partial charge on any atom is 0.251 e. The number of rotatable bonds is 6. The fourth-order valence-electron chi connectivity index (χ4n) is 3.00. The van der Waals surface area contributed by atoms with Crippen molar-refractivity contribution in [1.82, 2.24) is 5.32 Å². The van der Waals surface area contributed by atoms with E-state index in [0.29, 0.717) is 17.8 Å². The maximum absolute atomic E-state index is 11.8. The van der Waals surface area contributed by atoms with Crippen LogP contribution in [0.2, 0.25) is 0 Å². The van der Waals surface area contributed by atoms with E-state index in [4.69, 9.17) is 5.73 Å². The average Bonchev–Trinajstić information content (AvgIpc) is 2.50. The van der Waals surface area contributed by atoms with E-state index < -0.39 is 0 Å². The van der Waals surface area contributed by atoms with Crippen molar-refractivity contribution in [2.75, 3.05) is 24.1 Å². The average molecular weight is 289 g/mol. The molecule has 0 saturated heterocycles. The van der Waals surface area contributed by atoms with Crippen LogP contribution in [-0.4, -0.2) is 19.0 Å². The lowest BCUT2D eigenvalue weighted by atomic mass is 9.87. The highest BCUT2D eigenvalue weighted by Gasteiger charge is 2.13. The van der Waals surface area contributed by atoms with Crippen molar-refractivity contribution in [2.24, 2.45) is 5.92 Å². The Morgan fingerprint density at radius 3 is 2.76 bits per heavy atom. The van der Waals surface area contributed by atoms with Crippen molar-refractivity contribution >= 4 is 17.3 Å². The molecule has 0 heterocycles. The second-order valence-electron chi connectivity index (χ2n) is 5.88. The van der Waals surface area contributed by atoms with Gasteiger partial charge in [-0.15, -0.1) is 0 Å². The molecule has 1 aliphatic carbocycles. The summed E-state index contributed by atoms with van der Waals surface area (Å²) in [6.45, 7) is 3.47. The largest absolute Gasteiger partial charge is 0.397 e. The van der Waals surface area contributed by atoms with Gasteiger partial charge in [0, 0.05) is 18.7 Å². The van der Waals surface area contributed by atoms with E-state index in [2.05, 4.69) is 10.6 Å². The van der Waals surface area contributed by atoms with E-state index in [1.54, 1.807) is 12.1 Å². The Kier molecular flexibility index (Phi) is 5.90. The minimum absolute atomic E-state index is 0.0483. The third kappa shape index (κ3) is 4.66. The van der Waals surface area contributed by atoms with Gasteiger partial charge < -0.3 is 16.4 Å². The predicted molar refractivity (Wildman–Crippen MR) is 88.5 cm³/mol. The molecule has 4 heteroatoms. The summed E-state index contributed by atoms with van der Waals surface area (Å²) in [5, 5.41) is 6.20. The third-order valence-corrected chi connectivity index (χ3v) is 4.25. The van der Waals surface area contributed by atoms with Gasteiger partial charge in [-0.2, -0.15) is 0 Å². The number of hydrogen-bond donors (Lipinski definition) is 3. The Hall–Kier alpha value is -1.71. The first-order chi connectivity index (χ1) is 10.2. The smallest absolute Gasteiger partial charge is 0.251 e. The Bertz CT molecular complexity index is 467. The second-order valence-corrected chi connectivity index (χ2v) is 5.88. The highest BCUT2D eigenvalue weighted by molar-refractivity contribution is 5.96. The van der Waals surface area contributed by atoms with Gasteiger partial charge in [0.15, 0.2) is 0 Å². The zero-order valence-corrected chi connectivity index (χ0v) is 13.0. The van der Waals surface area contributed by atoms with Gasteiger partial charge in [0.25, 0.3) is 5.91 Å². The van der Waals surface area contributed by atoms with Crippen molar-refractivity contribution in [1.29, 1.82) is 0 Å². The number of benzene rings is 1. The molecule has 1 amide bonds. The molecular weight excluding hydrogens is 262 g/mol. The van der Waals surface area contributed by atoms with Gasteiger partial charge in [-0.3, -0.25) is 4.79 Å². The van der Waals surface area contributed by atoms with Gasteiger partial charge in [-0.25, -0.2) is 0 Å². The fraction of sp³-hybridized carbons (Fsp3) is 0.588. The monoisotopic (exact) mass is 289 g/mol. The number of nitrogens with two attached hydrogens (primary N) is 1. The Balaban J connectivity index is 1.89. The van der Waals surface area contributed by atoms with Gasteiger partial charge in [0.1, 0.15) is 0 Å². The summed E-state index contributed by atoms with van der Waals surface area (Å²) in [5.41, 5.74) is 8.22. The molecule has 1 fully saturated rings. The Morgan fingerprint density at radius 1 is 1.29 bits per heavy atom. The molecule has 1 saturated carbocycles. The lowest BCUT2D eigenvalue weighted by Gasteiger charge is -2.22. The SMILES string of the molecule is CCNC(=O)c1ccc(N)c(NCCC2CCCCC2)c1. The summed E-state index contributed by atoms with van der Waals surface area (Å²) in [7, 11) is 0. The number of nitrogens with one attached hydrogen (secondary N) is 2. The molecule has 0 aliphatic heterocycles. The predicted octanol–water partition coefficient (Wildman–Crippen LogP) is 3.40. The molecule has 21 heavy (non-hydrogen) atoms. The summed E-state index contributed by atoms with van der Waals surface area (Å²) in [5.74, 6) is 0.798. The van der Waals surface area contributed by atoms with Crippen molar-refractivity contribution in [3.05, 3.63) is 23.8 Å². The summed E-state index contributed by atoms with van der Waals surface area (Å²) >= 11 is 0. The molecular formula is C17H27N3O. The van der Waals surface area contributed by atoms with E-state index in [1.165, 1.54) is 38.5 Å². The number of amides is 1. The van der Waals surface area contributed by atoms with Crippen LogP contribution < -0.4 is 16.4 Å². The van der Waals surface area contributed by atoms with E-state index in [9.17, 15) is 4.79 Å². The van der Waals surface area contributed by atoms with Crippen LogP contribution in [0.25, 0.3) is 0 Å². The molecule has 1 aromatic carbocycles. The lowest BCUT2D eigenvalue weighted by Crippen LogP contribution is -2.22. The first-order valence-electron chi connectivity index (χ1n) is 8.12. The molecule has 0 bridgehead atoms. The molecule has 0 atom stereocenters. The van der Waals surface area contributed by atoms with Crippen molar-refractivity contribution in [3.63, 3.8) is 0 Å². The van der Waals surface area contributed by atoms with E-state index in [-0.39, 0.29) is 5.91 Å². The number of carbonyl (C=O) groups excluding carboxylic acids is 1. The molecule has 0 spiro atoms. The standard InChI is InChI=1S/C17H27N3O/c1-2-19-17(21)14-8-9-15(18)16(12-14)20-11-10-13-6-4-3-5-7-13/h8-9,12-13,20H,2-7,10-11,18H2,1H3,(H,19,21). The van der Waals surface area contributed by atoms with Crippen molar-refractivity contribution in [2.45, 2.75) is 45.4 Å². The minimum Gasteiger partial charge on any atom is -0.397 e. The molecule has 4 N–H and O–H groups in total. The normalized spacial score (nSPS) is 15.7. The van der Waals surface area contributed by atoms with Crippen LogP contribution >= 0.6 is 0 Å². The molecule has 4 nitrogen and oxygen atoms in total. The van der Waals surface area contributed by atoms with Crippen LogP contribution in [-0.2, 0) is 0 Å². The number of nitrogen functional groups attached to an aromatic ring is 1. The first kappa shape index (κ1) is 15.7. The van der Waals surface area contributed by atoms with Gasteiger partial charge >= 0.3 is 0 Å². The van der Waals surface area contributed by atoms with Crippen LogP contribution in [0.1, 0.15) is 55.8 Å². The molecule has 0 radical (unpaired) electrons. The van der Waals surface area contributed by atoms with Crippen molar-refractivity contribution < 1.29 is 4.79 Å². The van der Waals surface area contributed by atoms with Crippen molar-refractivity contribution in [3.8, 4) is 0 Å². The number of hydrogen-bond acceptors (Lipinski definition) is 3. The Labute approximate surface area is 127 Å². The van der Waals surface area contributed by atoms with Gasteiger partial charge in [0.05, 0.1) is 11.4 Å².